The van der Waals surface area contributed by atoms with Crippen LogP contribution in [-0.2, 0) is 6.42 Å². The second-order valence-electron chi connectivity index (χ2n) is 9.39. The standard InChI is InChI=1S/C24H30FNO2.3C2H6/c1-14-20-18(12-24(2,3)13-19(20)27)26-22(15-6-4-5-7-15)21(14)23(28)16-8-10-17(25)11-9-16;3*1-2/h8-11,15,19,23,27-28H,4-7,12-13H2,1-3H3;3*1-2H3. The highest BCUT2D eigenvalue weighted by Gasteiger charge is 2.37. The summed E-state index contributed by atoms with van der Waals surface area (Å²) in [6.07, 6.45) is 4.63. The van der Waals surface area contributed by atoms with E-state index in [9.17, 15) is 14.6 Å². The van der Waals surface area contributed by atoms with Gasteiger partial charge in [-0.1, -0.05) is 80.4 Å². The van der Waals surface area contributed by atoms with Crippen molar-refractivity contribution in [2.24, 2.45) is 5.41 Å². The van der Waals surface area contributed by atoms with Crippen LogP contribution in [0.5, 0.6) is 0 Å². The molecule has 1 saturated carbocycles. The molecule has 1 aromatic carbocycles. The van der Waals surface area contributed by atoms with Gasteiger partial charge in [0.2, 0.25) is 0 Å². The highest BCUT2D eigenvalue weighted by molar-refractivity contribution is 5.48. The zero-order valence-electron chi connectivity index (χ0n) is 23.0. The highest BCUT2D eigenvalue weighted by atomic mass is 19.1. The minimum atomic E-state index is -0.865. The van der Waals surface area contributed by atoms with Gasteiger partial charge in [0.05, 0.1) is 11.8 Å². The van der Waals surface area contributed by atoms with Gasteiger partial charge in [-0.2, -0.15) is 0 Å². The number of hydrogen-bond donors (Lipinski definition) is 2. The Bertz CT molecular complexity index is 870. The van der Waals surface area contributed by atoms with E-state index in [-0.39, 0.29) is 11.2 Å². The molecule has 0 radical (unpaired) electrons. The molecule has 3 nitrogen and oxygen atoms in total. The van der Waals surface area contributed by atoms with Crippen molar-refractivity contribution in [3.05, 3.63) is 63.7 Å². The van der Waals surface area contributed by atoms with Crippen molar-refractivity contribution < 1.29 is 14.6 Å². The highest BCUT2D eigenvalue weighted by Crippen LogP contribution is 2.46. The molecule has 192 valence electrons. The van der Waals surface area contributed by atoms with Gasteiger partial charge in [-0.15, -0.1) is 0 Å². The lowest BCUT2D eigenvalue weighted by Gasteiger charge is -2.37. The molecule has 0 saturated heterocycles. The topological polar surface area (TPSA) is 53.4 Å². The molecule has 0 bridgehead atoms. The number of halogens is 1. The Labute approximate surface area is 207 Å². The van der Waals surface area contributed by atoms with Crippen LogP contribution in [0.1, 0.15) is 139 Å². The van der Waals surface area contributed by atoms with E-state index in [1.54, 1.807) is 12.1 Å². The summed E-state index contributed by atoms with van der Waals surface area (Å²) in [4.78, 5) is 5.07. The molecule has 4 rings (SSSR count). The molecule has 0 amide bonds. The predicted octanol–water partition coefficient (Wildman–Crippen LogP) is 8.35. The summed E-state index contributed by atoms with van der Waals surface area (Å²) in [6, 6.07) is 6.03. The maximum atomic E-state index is 13.4. The van der Waals surface area contributed by atoms with E-state index in [2.05, 4.69) is 13.8 Å². The summed E-state index contributed by atoms with van der Waals surface area (Å²) in [5.74, 6) is 0.0289. The van der Waals surface area contributed by atoms with Crippen molar-refractivity contribution in [1.29, 1.82) is 0 Å². The fraction of sp³-hybridized carbons (Fsp3) is 0.633. The molecule has 2 aromatic rings. The molecule has 1 heterocycles. The zero-order chi connectivity index (χ0) is 26.1. The fourth-order valence-electron chi connectivity index (χ4n) is 5.21. The molecule has 0 aliphatic heterocycles. The van der Waals surface area contributed by atoms with Crippen LogP contribution in [0, 0.1) is 18.2 Å². The van der Waals surface area contributed by atoms with E-state index in [1.165, 1.54) is 25.0 Å². The molecular formula is C30H48FNO2. The van der Waals surface area contributed by atoms with E-state index in [1.807, 2.05) is 48.5 Å². The summed E-state index contributed by atoms with van der Waals surface area (Å²) in [6.45, 7) is 18.3. The third-order valence-corrected chi connectivity index (χ3v) is 6.58. The summed E-state index contributed by atoms with van der Waals surface area (Å²) < 4.78 is 13.4. The lowest BCUT2D eigenvalue weighted by Crippen LogP contribution is -2.29. The van der Waals surface area contributed by atoms with Crippen LogP contribution in [-0.4, -0.2) is 15.2 Å². The Morgan fingerprint density at radius 3 is 2.03 bits per heavy atom. The Balaban J connectivity index is 0.000000894. The van der Waals surface area contributed by atoms with E-state index in [0.717, 1.165) is 47.3 Å². The smallest absolute Gasteiger partial charge is 0.123 e. The number of aromatic nitrogens is 1. The summed E-state index contributed by atoms with van der Waals surface area (Å²) in [7, 11) is 0. The molecule has 2 aliphatic rings. The van der Waals surface area contributed by atoms with E-state index in [4.69, 9.17) is 4.98 Å². The van der Waals surface area contributed by atoms with Gasteiger partial charge >= 0.3 is 0 Å². The molecule has 0 spiro atoms. The Morgan fingerprint density at radius 1 is 0.971 bits per heavy atom. The van der Waals surface area contributed by atoms with Gasteiger partial charge in [-0.25, -0.2) is 4.39 Å². The maximum absolute atomic E-state index is 13.4. The Hall–Kier alpha value is -1.78. The van der Waals surface area contributed by atoms with Gasteiger partial charge in [0.1, 0.15) is 11.9 Å². The van der Waals surface area contributed by atoms with E-state index >= 15 is 0 Å². The maximum Gasteiger partial charge on any atom is 0.123 e. The van der Waals surface area contributed by atoms with E-state index < -0.39 is 12.2 Å². The zero-order valence-corrected chi connectivity index (χ0v) is 23.0. The van der Waals surface area contributed by atoms with Crippen molar-refractivity contribution in [1.82, 2.24) is 4.98 Å². The lowest BCUT2D eigenvalue weighted by atomic mass is 9.72. The molecular weight excluding hydrogens is 425 g/mol. The lowest BCUT2D eigenvalue weighted by molar-refractivity contribution is 0.0968. The monoisotopic (exact) mass is 473 g/mol. The average Bonchev–Trinajstić information content (AvgIpc) is 3.37. The van der Waals surface area contributed by atoms with Gasteiger partial charge in [-0.05, 0) is 61.3 Å². The van der Waals surface area contributed by atoms with Crippen LogP contribution in [0.15, 0.2) is 24.3 Å². The molecule has 34 heavy (non-hydrogen) atoms. The van der Waals surface area contributed by atoms with E-state index in [0.29, 0.717) is 17.9 Å². The van der Waals surface area contributed by atoms with Gasteiger partial charge in [0.15, 0.2) is 0 Å². The minimum absolute atomic E-state index is 0.00981. The number of pyridine rings is 1. The second kappa shape index (κ2) is 13.9. The quantitative estimate of drug-likeness (QED) is 0.471. The third kappa shape index (κ3) is 6.88. The first kappa shape index (κ1) is 30.3. The Kier molecular flexibility index (Phi) is 12.4. The average molecular weight is 474 g/mol. The summed E-state index contributed by atoms with van der Waals surface area (Å²) in [5, 5.41) is 22.1. The molecule has 2 aliphatic carbocycles. The Morgan fingerprint density at radius 2 is 1.50 bits per heavy atom. The van der Waals surface area contributed by atoms with Crippen LogP contribution in [0.3, 0.4) is 0 Å². The number of rotatable bonds is 3. The predicted molar refractivity (Wildman–Crippen MR) is 142 cm³/mol. The fourth-order valence-corrected chi connectivity index (χ4v) is 5.21. The van der Waals surface area contributed by atoms with Crippen molar-refractivity contribution in [2.75, 3.05) is 0 Å². The normalized spacial score (nSPS) is 19.4. The summed E-state index contributed by atoms with van der Waals surface area (Å²) >= 11 is 0. The van der Waals surface area contributed by atoms with Crippen LogP contribution in [0.4, 0.5) is 4.39 Å². The van der Waals surface area contributed by atoms with Crippen LogP contribution < -0.4 is 0 Å². The number of benzene rings is 1. The minimum Gasteiger partial charge on any atom is -0.388 e. The number of fused-ring (bicyclic) bond motifs is 1. The molecule has 2 atom stereocenters. The van der Waals surface area contributed by atoms with Gasteiger partial charge in [-0.3, -0.25) is 4.98 Å². The number of aliphatic hydroxyl groups is 2. The first-order chi connectivity index (χ1) is 16.3. The van der Waals surface area contributed by atoms with Crippen LogP contribution in [0.25, 0.3) is 0 Å². The number of aliphatic hydroxyl groups excluding tert-OH is 2. The molecule has 2 unspecified atom stereocenters. The van der Waals surface area contributed by atoms with Crippen molar-refractivity contribution in [3.63, 3.8) is 0 Å². The van der Waals surface area contributed by atoms with Crippen LogP contribution >= 0.6 is 0 Å². The second-order valence-corrected chi connectivity index (χ2v) is 9.39. The molecule has 2 N–H and O–H groups in total. The van der Waals surface area contributed by atoms with Crippen LogP contribution in [0.2, 0.25) is 0 Å². The SMILES string of the molecule is CC.CC.CC.Cc1c2c(nc(C3CCCC3)c1C(O)c1ccc(F)cc1)CC(C)(C)CC2O. The van der Waals surface area contributed by atoms with Gasteiger partial charge in [0, 0.05) is 22.7 Å². The molecule has 4 heteroatoms. The van der Waals surface area contributed by atoms with Gasteiger partial charge in [0.25, 0.3) is 0 Å². The number of hydrogen-bond acceptors (Lipinski definition) is 3. The first-order valence-electron chi connectivity index (χ1n) is 13.4. The first-order valence-corrected chi connectivity index (χ1v) is 13.4. The van der Waals surface area contributed by atoms with Crippen molar-refractivity contribution in [2.45, 2.75) is 119 Å². The largest absolute Gasteiger partial charge is 0.388 e. The van der Waals surface area contributed by atoms with Crippen molar-refractivity contribution in [3.8, 4) is 0 Å². The molecule has 1 fully saturated rings. The third-order valence-electron chi connectivity index (χ3n) is 6.58. The van der Waals surface area contributed by atoms with Crippen molar-refractivity contribution >= 4 is 0 Å². The van der Waals surface area contributed by atoms with Gasteiger partial charge < -0.3 is 10.2 Å². The summed E-state index contributed by atoms with van der Waals surface area (Å²) in [5.41, 5.74) is 5.29. The molecule has 1 aromatic heterocycles. The number of nitrogens with zero attached hydrogens (tertiary/aromatic N) is 1.